The number of likely N-dealkylation sites (N-methyl/N-ethyl adjacent to an activating group) is 1. The zero-order valence-corrected chi connectivity index (χ0v) is 12.0. The Morgan fingerprint density at radius 3 is 2.89 bits per heavy atom. The molecule has 0 aromatic rings. The standard InChI is InChI=1S/C14H27N3O/c1-4-11(3)13-14(18)17(10-15-13)12-7-6-8-16(5-2)9-12/h11-13,15H,4-10H2,1-3H3. The molecule has 0 aromatic heterocycles. The van der Waals surface area contributed by atoms with E-state index in [2.05, 4.69) is 35.9 Å². The number of amides is 1. The number of hydrogen-bond acceptors (Lipinski definition) is 3. The zero-order valence-electron chi connectivity index (χ0n) is 12.0. The van der Waals surface area contributed by atoms with E-state index in [1.807, 2.05) is 0 Å². The minimum absolute atomic E-state index is 0.0482. The summed E-state index contributed by atoms with van der Waals surface area (Å²) in [5.74, 6) is 0.765. The summed E-state index contributed by atoms with van der Waals surface area (Å²) in [5, 5.41) is 3.40. The van der Waals surface area contributed by atoms with Gasteiger partial charge in [0.15, 0.2) is 0 Å². The zero-order chi connectivity index (χ0) is 13.1. The molecule has 1 N–H and O–H groups in total. The van der Waals surface area contributed by atoms with E-state index < -0.39 is 0 Å². The Morgan fingerprint density at radius 1 is 1.44 bits per heavy atom. The fraction of sp³-hybridized carbons (Fsp3) is 0.929. The highest BCUT2D eigenvalue weighted by molar-refractivity contribution is 5.84. The monoisotopic (exact) mass is 253 g/mol. The third-order valence-electron chi connectivity index (χ3n) is 4.61. The van der Waals surface area contributed by atoms with Crippen molar-refractivity contribution in [3.05, 3.63) is 0 Å². The van der Waals surface area contributed by atoms with Crippen LogP contribution in [-0.4, -0.2) is 54.1 Å². The Bertz CT molecular complexity index is 295. The number of carbonyl (C=O) groups excluding carboxylic acids is 1. The summed E-state index contributed by atoms with van der Waals surface area (Å²) in [5.41, 5.74) is 0. The van der Waals surface area contributed by atoms with Gasteiger partial charge in [-0.15, -0.1) is 0 Å². The van der Waals surface area contributed by atoms with Crippen LogP contribution in [-0.2, 0) is 4.79 Å². The molecule has 0 radical (unpaired) electrons. The molecule has 4 nitrogen and oxygen atoms in total. The molecule has 3 atom stereocenters. The molecule has 0 spiro atoms. The Balaban J connectivity index is 1.96. The van der Waals surface area contributed by atoms with Crippen LogP contribution in [0.4, 0.5) is 0 Å². The van der Waals surface area contributed by atoms with Gasteiger partial charge in [0.05, 0.1) is 12.7 Å². The lowest BCUT2D eigenvalue weighted by molar-refractivity contribution is -0.132. The van der Waals surface area contributed by atoms with Gasteiger partial charge in [-0.1, -0.05) is 27.2 Å². The van der Waals surface area contributed by atoms with Crippen LogP contribution in [0.15, 0.2) is 0 Å². The first kappa shape index (κ1) is 13.8. The van der Waals surface area contributed by atoms with E-state index in [4.69, 9.17) is 0 Å². The molecule has 0 aromatic carbocycles. The molecule has 3 unspecified atom stereocenters. The number of rotatable bonds is 4. The number of carbonyl (C=O) groups is 1. The quantitative estimate of drug-likeness (QED) is 0.819. The predicted molar refractivity (Wildman–Crippen MR) is 73.2 cm³/mol. The first-order chi connectivity index (χ1) is 8.67. The third-order valence-corrected chi connectivity index (χ3v) is 4.61. The highest BCUT2D eigenvalue weighted by atomic mass is 16.2. The van der Waals surface area contributed by atoms with Gasteiger partial charge in [-0.05, 0) is 31.8 Å². The van der Waals surface area contributed by atoms with Gasteiger partial charge in [0, 0.05) is 12.6 Å². The predicted octanol–water partition coefficient (Wildman–Crippen LogP) is 1.27. The van der Waals surface area contributed by atoms with Gasteiger partial charge >= 0.3 is 0 Å². The molecule has 4 heteroatoms. The van der Waals surface area contributed by atoms with Crippen LogP contribution < -0.4 is 5.32 Å². The van der Waals surface area contributed by atoms with Gasteiger partial charge in [-0.2, -0.15) is 0 Å². The van der Waals surface area contributed by atoms with Crippen LogP contribution in [0.1, 0.15) is 40.0 Å². The molecule has 0 aliphatic carbocycles. The first-order valence-corrected chi connectivity index (χ1v) is 7.43. The smallest absolute Gasteiger partial charge is 0.241 e. The maximum absolute atomic E-state index is 12.4. The van der Waals surface area contributed by atoms with Gasteiger partial charge in [-0.25, -0.2) is 0 Å². The van der Waals surface area contributed by atoms with E-state index in [9.17, 15) is 4.79 Å². The molecule has 18 heavy (non-hydrogen) atoms. The lowest BCUT2D eigenvalue weighted by atomic mass is 9.98. The largest absolute Gasteiger partial charge is 0.324 e. The summed E-state index contributed by atoms with van der Waals surface area (Å²) in [4.78, 5) is 17.0. The fourth-order valence-electron chi connectivity index (χ4n) is 3.10. The molecule has 2 fully saturated rings. The van der Waals surface area contributed by atoms with Crippen LogP contribution in [0.3, 0.4) is 0 Å². The topological polar surface area (TPSA) is 35.6 Å². The average molecular weight is 253 g/mol. The first-order valence-electron chi connectivity index (χ1n) is 7.43. The van der Waals surface area contributed by atoms with Crippen molar-refractivity contribution in [2.24, 2.45) is 5.92 Å². The molecule has 0 saturated carbocycles. The number of likely N-dealkylation sites (tertiary alicyclic amines) is 1. The molecule has 1 amide bonds. The van der Waals surface area contributed by atoms with Crippen LogP contribution in [0.5, 0.6) is 0 Å². The maximum Gasteiger partial charge on any atom is 0.241 e. The van der Waals surface area contributed by atoms with Crippen molar-refractivity contribution in [2.75, 3.05) is 26.3 Å². The fourth-order valence-corrected chi connectivity index (χ4v) is 3.10. The van der Waals surface area contributed by atoms with E-state index in [1.165, 1.54) is 13.0 Å². The van der Waals surface area contributed by atoms with Crippen molar-refractivity contribution < 1.29 is 4.79 Å². The van der Waals surface area contributed by atoms with Gasteiger partial charge in [0.25, 0.3) is 0 Å². The lowest BCUT2D eigenvalue weighted by Gasteiger charge is -2.37. The second-order valence-electron chi connectivity index (χ2n) is 5.72. The van der Waals surface area contributed by atoms with E-state index in [-0.39, 0.29) is 6.04 Å². The molecule has 2 aliphatic rings. The Kier molecular flexibility index (Phi) is 4.62. The SMILES string of the molecule is CCC(C)C1NCN(C2CCCN(CC)C2)C1=O. The lowest BCUT2D eigenvalue weighted by Crippen LogP contribution is -2.49. The van der Waals surface area contributed by atoms with Gasteiger partial charge in [0.1, 0.15) is 0 Å². The van der Waals surface area contributed by atoms with Crippen molar-refractivity contribution in [3.63, 3.8) is 0 Å². The molecular weight excluding hydrogens is 226 g/mol. The minimum atomic E-state index is 0.0482. The number of nitrogens with one attached hydrogen (secondary N) is 1. The van der Waals surface area contributed by atoms with Crippen LogP contribution in [0, 0.1) is 5.92 Å². The van der Waals surface area contributed by atoms with Crippen molar-refractivity contribution >= 4 is 5.91 Å². The normalized spacial score (nSPS) is 31.9. The molecule has 2 saturated heterocycles. The summed E-state index contributed by atoms with van der Waals surface area (Å²) in [6.45, 7) is 10.6. The third kappa shape index (κ3) is 2.69. The summed E-state index contributed by atoms with van der Waals surface area (Å²) >= 11 is 0. The summed E-state index contributed by atoms with van der Waals surface area (Å²) in [6, 6.07) is 0.472. The second-order valence-corrected chi connectivity index (χ2v) is 5.72. The van der Waals surface area contributed by atoms with Crippen molar-refractivity contribution in [1.82, 2.24) is 15.1 Å². The number of piperidine rings is 1. The summed E-state index contributed by atoms with van der Waals surface area (Å²) in [7, 11) is 0. The Labute approximate surface area is 111 Å². The highest BCUT2D eigenvalue weighted by Gasteiger charge is 2.38. The maximum atomic E-state index is 12.4. The molecule has 2 rings (SSSR count). The van der Waals surface area contributed by atoms with Crippen molar-refractivity contribution in [1.29, 1.82) is 0 Å². The second kappa shape index (κ2) is 6.02. The van der Waals surface area contributed by atoms with Crippen LogP contribution in [0.2, 0.25) is 0 Å². The van der Waals surface area contributed by atoms with Crippen LogP contribution >= 0.6 is 0 Å². The van der Waals surface area contributed by atoms with Crippen molar-refractivity contribution in [2.45, 2.75) is 52.1 Å². The minimum Gasteiger partial charge on any atom is -0.324 e. The van der Waals surface area contributed by atoms with E-state index in [0.717, 1.165) is 32.6 Å². The molecule has 104 valence electrons. The molecule has 0 bridgehead atoms. The highest BCUT2D eigenvalue weighted by Crippen LogP contribution is 2.22. The molecular formula is C14H27N3O. The van der Waals surface area contributed by atoms with E-state index in [1.54, 1.807) is 0 Å². The van der Waals surface area contributed by atoms with Crippen molar-refractivity contribution in [3.8, 4) is 0 Å². The van der Waals surface area contributed by atoms with Gasteiger partial charge in [-0.3, -0.25) is 10.1 Å². The summed E-state index contributed by atoms with van der Waals surface area (Å²) in [6.07, 6.45) is 3.44. The Hall–Kier alpha value is -0.610. The number of hydrogen-bond donors (Lipinski definition) is 1. The Morgan fingerprint density at radius 2 is 2.22 bits per heavy atom. The van der Waals surface area contributed by atoms with E-state index >= 15 is 0 Å². The summed E-state index contributed by atoms with van der Waals surface area (Å²) < 4.78 is 0. The van der Waals surface area contributed by atoms with E-state index in [0.29, 0.717) is 17.9 Å². The number of nitrogens with zero attached hydrogens (tertiary/aromatic N) is 2. The van der Waals surface area contributed by atoms with Gasteiger partial charge in [0.2, 0.25) is 5.91 Å². The van der Waals surface area contributed by atoms with Gasteiger partial charge < -0.3 is 9.80 Å². The molecule has 2 aliphatic heterocycles. The average Bonchev–Trinajstić information content (AvgIpc) is 2.80. The molecule has 2 heterocycles. The van der Waals surface area contributed by atoms with Crippen LogP contribution in [0.25, 0.3) is 0 Å².